The molecule has 0 aliphatic rings. The van der Waals surface area contributed by atoms with Gasteiger partial charge in [0.05, 0.1) is 12.3 Å². The Bertz CT molecular complexity index is 523. The topological polar surface area (TPSA) is 38.3 Å². The highest BCUT2D eigenvalue weighted by atomic mass is 35.5. The van der Waals surface area contributed by atoms with Crippen molar-refractivity contribution in [2.45, 2.75) is 39.5 Å². The minimum absolute atomic E-state index is 0.120. The average molecular weight is 332 g/mol. The third kappa shape index (κ3) is 5.98. The Labute approximate surface area is 134 Å². The van der Waals surface area contributed by atoms with Crippen molar-refractivity contribution in [2.24, 2.45) is 0 Å². The van der Waals surface area contributed by atoms with E-state index in [0.29, 0.717) is 30.1 Å². The molecule has 1 amide bonds. The Morgan fingerprint density at radius 2 is 2.14 bits per heavy atom. The summed E-state index contributed by atoms with van der Waals surface area (Å²) in [5, 5.41) is 3.21. The number of carbonyl (C=O) groups excluding carboxylic acids is 1. The second-order valence-corrected chi connectivity index (χ2v) is 5.42. The van der Waals surface area contributed by atoms with Crippen LogP contribution in [0.2, 0.25) is 5.02 Å². The van der Waals surface area contributed by atoms with Crippen molar-refractivity contribution in [3.63, 3.8) is 0 Å². The van der Waals surface area contributed by atoms with E-state index < -0.39 is 5.82 Å². The number of anilines is 1. The molecule has 0 radical (unpaired) electrons. The van der Waals surface area contributed by atoms with Crippen molar-refractivity contribution < 1.29 is 13.9 Å². The lowest BCUT2D eigenvalue weighted by Crippen LogP contribution is -2.13. The molecule has 0 heterocycles. The zero-order valence-electron chi connectivity index (χ0n) is 12.2. The van der Waals surface area contributed by atoms with Gasteiger partial charge in [-0.05, 0) is 43.3 Å². The molecule has 21 heavy (non-hydrogen) atoms. The Morgan fingerprint density at radius 1 is 1.43 bits per heavy atom. The molecule has 0 aliphatic heterocycles. The Kier molecular flexibility index (Phi) is 7.61. The third-order valence-electron chi connectivity index (χ3n) is 2.81. The molecule has 1 aromatic rings. The molecule has 3 nitrogen and oxygen atoms in total. The van der Waals surface area contributed by atoms with Gasteiger partial charge in [-0.2, -0.15) is 0 Å². The molecule has 0 spiro atoms. The van der Waals surface area contributed by atoms with Gasteiger partial charge in [-0.25, -0.2) is 4.39 Å². The fourth-order valence-corrected chi connectivity index (χ4v) is 2.23. The van der Waals surface area contributed by atoms with Crippen LogP contribution in [0.1, 0.15) is 38.7 Å². The monoisotopic (exact) mass is 331 g/mol. The maximum absolute atomic E-state index is 13.8. The van der Waals surface area contributed by atoms with Crippen molar-refractivity contribution in [3.8, 4) is 0 Å². The molecule has 0 unspecified atom stereocenters. The minimum Gasteiger partial charge on any atom is -0.487 e. The van der Waals surface area contributed by atoms with Crippen LogP contribution in [0.5, 0.6) is 0 Å². The zero-order valence-corrected chi connectivity index (χ0v) is 13.7. The van der Waals surface area contributed by atoms with Crippen LogP contribution in [0.15, 0.2) is 12.1 Å². The summed E-state index contributed by atoms with van der Waals surface area (Å²) in [5.74, 6) is -0.771. The Balaban J connectivity index is 2.85. The molecule has 0 aromatic heterocycles. The first-order chi connectivity index (χ1) is 9.97. The standard InChI is InChI=1S/C15H19ClFNO2S/c1-3-5-6-14(19)18-13-7-10(8-15(21)20-4-2)11(16)9-12(13)17/h7,9H,3-6,8H2,1-2H3,(H,18,19). The fourth-order valence-electron chi connectivity index (χ4n) is 1.74. The number of thiocarbonyl (C=S) groups is 1. The zero-order chi connectivity index (χ0) is 15.8. The average Bonchev–Trinajstić information content (AvgIpc) is 2.42. The lowest BCUT2D eigenvalue weighted by Gasteiger charge is -2.11. The molecule has 1 aromatic carbocycles. The number of ether oxygens (including phenoxy) is 1. The molecule has 0 aliphatic carbocycles. The molecule has 0 saturated carbocycles. The van der Waals surface area contributed by atoms with Gasteiger partial charge in [-0.15, -0.1) is 0 Å². The van der Waals surface area contributed by atoms with Crippen LogP contribution in [0.4, 0.5) is 10.1 Å². The second kappa shape index (κ2) is 8.95. The van der Waals surface area contributed by atoms with E-state index in [1.807, 2.05) is 13.8 Å². The van der Waals surface area contributed by atoms with Gasteiger partial charge in [0.2, 0.25) is 5.91 Å². The van der Waals surface area contributed by atoms with Crippen molar-refractivity contribution in [1.29, 1.82) is 0 Å². The number of unbranched alkanes of at least 4 members (excludes halogenated alkanes) is 1. The SMILES string of the molecule is CCCCC(=O)Nc1cc(CC(=S)OCC)c(Cl)cc1F. The van der Waals surface area contributed by atoms with Gasteiger partial charge in [-0.3, -0.25) is 4.79 Å². The molecule has 0 bridgehead atoms. The number of benzene rings is 1. The van der Waals surface area contributed by atoms with E-state index in [1.165, 1.54) is 12.1 Å². The first kappa shape index (κ1) is 17.9. The van der Waals surface area contributed by atoms with Crippen LogP contribution in [0, 0.1) is 5.82 Å². The summed E-state index contributed by atoms with van der Waals surface area (Å²) in [5.41, 5.74) is 0.747. The third-order valence-corrected chi connectivity index (χ3v) is 3.42. The van der Waals surface area contributed by atoms with E-state index in [1.54, 1.807) is 0 Å². The number of halogens is 2. The minimum atomic E-state index is -0.559. The summed E-state index contributed by atoms with van der Waals surface area (Å²) >= 11 is 11.1. The van der Waals surface area contributed by atoms with Crippen LogP contribution < -0.4 is 5.32 Å². The van der Waals surface area contributed by atoms with Crippen molar-refractivity contribution >= 4 is 40.5 Å². The van der Waals surface area contributed by atoms with Crippen LogP contribution in [0.3, 0.4) is 0 Å². The number of hydrogen-bond acceptors (Lipinski definition) is 3. The molecule has 0 atom stereocenters. The summed E-state index contributed by atoms with van der Waals surface area (Å²) < 4.78 is 19.0. The number of carbonyl (C=O) groups is 1. The molecular weight excluding hydrogens is 313 g/mol. The van der Waals surface area contributed by atoms with E-state index in [2.05, 4.69) is 5.32 Å². The van der Waals surface area contributed by atoms with Crippen molar-refractivity contribution in [2.75, 3.05) is 11.9 Å². The van der Waals surface area contributed by atoms with Gasteiger partial charge in [0.1, 0.15) is 5.82 Å². The highest BCUT2D eigenvalue weighted by Gasteiger charge is 2.13. The predicted octanol–water partition coefficient (Wildman–Crippen LogP) is 4.51. The van der Waals surface area contributed by atoms with Crippen LogP contribution in [-0.2, 0) is 16.0 Å². The van der Waals surface area contributed by atoms with Crippen LogP contribution in [-0.4, -0.2) is 17.6 Å². The van der Waals surface area contributed by atoms with Gasteiger partial charge < -0.3 is 10.1 Å². The van der Waals surface area contributed by atoms with Gasteiger partial charge in [0.25, 0.3) is 0 Å². The van der Waals surface area contributed by atoms with Gasteiger partial charge in [-0.1, -0.05) is 24.9 Å². The summed E-state index contributed by atoms with van der Waals surface area (Å²) in [7, 11) is 0. The van der Waals surface area contributed by atoms with Gasteiger partial charge in [0, 0.05) is 17.9 Å². The second-order valence-electron chi connectivity index (χ2n) is 4.56. The van der Waals surface area contributed by atoms with E-state index >= 15 is 0 Å². The van der Waals surface area contributed by atoms with E-state index in [4.69, 9.17) is 28.6 Å². The van der Waals surface area contributed by atoms with Crippen molar-refractivity contribution in [1.82, 2.24) is 0 Å². The van der Waals surface area contributed by atoms with Crippen molar-refractivity contribution in [3.05, 3.63) is 28.5 Å². The maximum Gasteiger partial charge on any atom is 0.224 e. The smallest absolute Gasteiger partial charge is 0.224 e. The normalized spacial score (nSPS) is 10.3. The Hall–Kier alpha value is -1.20. The predicted molar refractivity (Wildman–Crippen MR) is 87.5 cm³/mol. The van der Waals surface area contributed by atoms with E-state index in [9.17, 15) is 9.18 Å². The summed E-state index contributed by atoms with van der Waals surface area (Å²) in [6.07, 6.45) is 2.35. The first-order valence-electron chi connectivity index (χ1n) is 6.91. The highest BCUT2D eigenvalue weighted by molar-refractivity contribution is 7.80. The molecule has 116 valence electrons. The lowest BCUT2D eigenvalue weighted by atomic mass is 10.1. The molecule has 1 rings (SSSR count). The van der Waals surface area contributed by atoms with Crippen LogP contribution >= 0.6 is 23.8 Å². The Morgan fingerprint density at radius 3 is 2.76 bits per heavy atom. The van der Waals surface area contributed by atoms with E-state index in [-0.39, 0.29) is 16.6 Å². The summed E-state index contributed by atoms with van der Waals surface area (Å²) in [6, 6.07) is 2.69. The van der Waals surface area contributed by atoms with Crippen LogP contribution in [0.25, 0.3) is 0 Å². The summed E-state index contributed by atoms with van der Waals surface area (Å²) in [4.78, 5) is 11.7. The maximum atomic E-state index is 13.8. The first-order valence-corrected chi connectivity index (χ1v) is 7.69. The number of nitrogens with one attached hydrogen (secondary N) is 1. The van der Waals surface area contributed by atoms with E-state index in [0.717, 1.165) is 12.8 Å². The number of rotatable bonds is 7. The molecule has 6 heteroatoms. The molecular formula is C15H19ClFNO2S. The molecule has 1 N–H and O–H groups in total. The largest absolute Gasteiger partial charge is 0.487 e. The number of hydrogen-bond donors (Lipinski definition) is 1. The summed E-state index contributed by atoms with van der Waals surface area (Å²) in [6.45, 7) is 4.29. The quantitative estimate of drug-likeness (QED) is 0.747. The molecule has 0 saturated heterocycles. The molecule has 0 fully saturated rings. The van der Waals surface area contributed by atoms with Gasteiger partial charge >= 0.3 is 0 Å². The highest BCUT2D eigenvalue weighted by Crippen LogP contribution is 2.25. The fraction of sp³-hybridized carbons (Fsp3) is 0.467. The van der Waals surface area contributed by atoms with Gasteiger partial charge in [0.15, 0.2) is 5.05 Å². The number of amides is 1. The lowest BCUT2D eigenvalue weighted by molar-refractivity contribution is -0.116.